The van der Waals surface area contributed by atoms with Gasteiger partial charge in [-0.15, -0.1) is 0 Å². The first-order valence-electron chi connectivity index (χ1n) is 5.99. The van der Waals surface area contributed by atoms with Gasteiger partial charge in [-0.2, -0.15) is 12.7 Å². The molecule has 1 aromatic rings. The summed E-state index contributed by atoms with van der Waals surface area (Å²) in [6.07, 6.45) is 1.71. The number of oxime groups is 1. The van der Waals surface area contributed by atoms with Gasteiger partial charge in [0.1, 0.15) is 0 Å². The molecule has 0 bridgehead atoms. The van der Waals surface area contributed by atoms with Crippen LogP contribution in [-0.2, 0) is 10.2 Å². The topological polar surface area (TPSA) is 108 Å². The summed E-state index contributed by atoms with van der Waals surface area (Å²) in [5.74, 6) is -0.162. The normalized spacial score (nSPS) is 17.4. The molecule has 0 atom stereocenters. The van der Waals surface area contributed by atoms with Crippen molar-refractivity contribution in [1.82, 2.24) is 4.31 Å². The van der Waals surface area contributed by atoms with Gasteiger partial charge >= 0.3 is 10.2 Å². The SMILES string of the molecule is N/C(=N/O)c1cc(Br)ccc1NS(=O)(=O)N1CCCC1. The third-order valence-corrected chi connectivity index (χ3v) is 5.03. The van der Waals surface area contributed by atoms with Crippen LogP contribution in [-0.4, -0.2) is 36.9 Å². The van der Waals surface area contributed by atoms with Crippen LogP contribution in [0.15, 0.2) is 27.8 Å². The average molecular weight is 363 g/mol. The summed E-state index contributed by atoms with van der Waals surface area (Å²) < 4.78 is 29.0. The first kappa shape index (κ1) is 15.1. The Balaban J connectivity index is 2.33. The molecule has 0 aliphatic carbocycles. The zero-order valence-corrected chi connectivity index (χ0v) is 13.0. The van der Waals surface area contributed by atoms with Crippen molar-refractivity contribution in [3.8, 4) is 0 Å². The molecule has 7 nitrogen and oxygen atoms in total. The van der Waals surface area contributed by atoms with Gasteiger partial charge in [0.25, 0.3) is 0 Å². The van der Waals surface area contributed by atoms with Crippen molar-refractivity contribution in [2.75, 3.05) is 17.8 Å². The van der Waals surface area contributed by atoms with Crippen molar-refractivity contribution in [2.24, 2.45) is 10.9 Å². The summed E-state index contributed by atoms with van der Waals surface area (Å²) in [4.78, 5) is 0. The number of rotatable bonds is 4. The molecule has 0 amide bonds. The quantitative estimate of drug-likeness (QED) is 0.324. The Labute approximate surface area is 125 Å². The molecule has 20 heavy (non-hydrogen) atoms. The first-order chi connectivity index (χ1) is 9.44. The molecular formula is C11H15BrN4O3S. The zero-order chi connectivity index (χ0) is 14.8. The predicted molar refractivity (Wildman–Crippen MR) is 80.0 cm³/mol. The number of nitrogens with one attached hydrogen (secondary N) is 1. The van der Waals surface area contributed by atoms with E-state index in [0.717, 1.165) is 12.8 Å². The van der Waals surface area contributed by atoms with Crippen LogP contribution >= 0.6 is 15.9 Å². The van der Waals surface area contributed by atoms with Crippen molar-refractivity contribution >= 4 is 37.7 Å². The molecule has 110 valence electrons. The monoisotopic (exact) mass is 362 g/mol. The second-order valence-electron chi connectivity index (χ2n) is 4.39. The number of anilines is 1. The number of hydrogen-bond donors (Lipinski definition) is 3. The maximum atomic E-state index is 12.2. The minimum absolute atomic E-state index is 0.162. The molecule has 2 rings (SSSR count). The Kier molecular flexibility index (Phi) is 4.51. The van der Waals surface area contributed by atoms with E-state index in [1.165, 1.54) is 4.31 Å². The Morgan fingerprint density at radius 3 is 2.65 bits per heavy atom. The highest BCUT2D eigenvalue weighted by molar-refractivity contribution is 9.10. The van der Waals surface area contributed by atoms with Crippen molar-refractivity contribution in [3.63, 3.8) is 0 Å². The average Bonchev–Trinajstić information content (AvgIpc) is 2.94. The predicted octanol–water partition coefficient (Wildman–Crippen LogP) is 1.30. The molecule has 0 radical (unpaired) electrons. The van der Waals surface area contributed by atoms with Crippen LogP contribution in [0.1, 0.15) is 18.4 Å². The molecule has 1 saturated heterocycles. The van der Waals surface area contributed by atoms with Crippen LogP contribution in [0.3, 0.4) is 0 Å². The van der Waals surface area contributed by atoms with E-state index in [2.05, 4.69) is 25.8 Å². The van der Waals surface area contributed by atoms with Gasteiger partial charge in [-0.05, 0) is 31.0 Å². The van der Waals surface area contributed by atoms with E-state index in [4.69, 9.17) is 10.9 Å². The third-order valence-electron chi connectivity index (χ3n) is 3.01. The third kappa shape index (κ3) is 3.22. The number of halogens is 1. The van der Waals surface area contributed by atoms with Crippen molar-refractivity contribution < 1.29 is 13.6 Å². The molecule has 1 aromatic carbocycles. The zero-order valence-electron chi connectivity index (χ0n) is 10.6. The summed E-state index contributed by atoms with van der Waals surface area (Å²) in [5.41, 5.74) is 6.15. The maximum Gasteiger partial charge on any atom is 0.301 e. The van der Waals surface area contributed by atoms with Crippen LogP contribution < -0.4 is 10.5 Å². The van der Waals surface area contributed by atoms with Crippen LogP contribution in [0.4, 0.5) is 5.69 Å². The van der Waals surface area contributed by atoms with E-state index in [9.17, 15) is 8.42 Å². The molecule has 0 spiro atoms. The number of benzene rings is 1. The lowest BCUT2D eigenvalue weighted by Crippen LogP contribution is -2.34. The smallest absolute Gasteiger partial charge is 0.301 e. The molecule has 1 aliphatic heterocycles. The van der Waals surface area contributed by atoms with Crippen LogP contribution in [0.2, 0.25) is 0 Å². The summed E-state index contributed by atoms with van der Waals surface area (Å²) in [6, 6.07) is 4.82. The second kappa shape index (κ2) is 5.98. The minimum Gasteiger partial charge on any atom is -0.409 e. The van der Waals surface area contributed by atoms with E-state index in [-0.39, 0.29) is 11.5 Å². The van der Waals surface area contributed by atoms with E-state index >= 15 is 0 Å². The van der Waals surface area contributed by atoms with Crippen LogP contribution in [0.5, 0.6) is 0 Å². The lowest BCUT2D eigenvalue weighted by molar-refractivity contribution is 0.318. The summed E-state index contributed by atoms with van der Waals surface area (Å²) in [6.45, 7) is 1.01. The highest BCUT2D eigenvalue weighted by Gasteiger charge is 2.26. The van der Waals surface area contributed by atoms with Gasteiger partial charge in [-0.1, -0.05) is 21.1 Å². The molecule has 0 unspecified atom stereocenters. The highest BCUT2D eigenvalue weighted by atomic mass is 79.9. The van der Waals surface area contributed by atoms with Gasteiger partial charge < -0.3 is 10.9 Å². The van der Waals surface area contributed by atoms with E-state index < -0.39 is 10.2 Å². The standard InChI is InChI=1S/C11H15BrN4O3S/c12-8-3-4-10(9(7-8)11(13)14-17)15-20(18,19)16-5-1-2-6-16/h3-4,7,15,17H,1-2,5-6H2,(H2,13,14). The number of amidine groups is 1. The fraction of sp³-hybridized carbons (Fsp3) is 0.364. The lowest BCUT2D eigenvalue weighted by Gasteiger charge is -2.18. The second-order valence-corrected chi connectivity index (χ2v) is 6.97. The summed E-state index contributed by atoms with van der Waals surface area (Å²) in [7, 11) is -3.61. The Hall–Kier alpha value is -1.32. The fourth-order valence-electron chi connectivity index (χ4n) is 2.00. The molecule has 0 aromatic heterocycles. The van der Waals surface area contributed by atoms with Gasteiger partial charge in [0.2, 0.25) is 0 Å². The van der Waals surface area contributed by atoms with Crippen molar-refractivity contribution in [2.45, 2.75) is 12.8 Å². The van der Waals surface area contributed by atoms with Crippen LogP contribution in [0, 0.1) is 0 Å². The maximum absolute atomic E-state index is 12.2. The summed E-state index contributed by atoms with van der Waals surface area (Å²) in [5, 5.41) is 11.7. The number of nitrogens with two attached hydrogens (primary N) is 1. The Morgan fingerprint density at radius 1 is 1.40 bits per heavy atom. The molecule has 4 N–H and O–H groups in total. The van der Waals surface area contributed by atoms with E-state index in [0.29, 0.717) is 23.1 Å². The number of nitrogens with zero attached hydrogens (tertiary/aromatic N) is 2. The van der Waals surface area contributed by atoms with E-state index in [1.807, 2.05) is 0 Å². The fourth-order valence-corrected chi connectivity index (χ4v) is 3.69. The summed E-state index contributed by atoms with van der Waals surface area (Å²) >= 11 is 3.26. The van der Waals surface area contributed by atoms with Gasteiger partial charge in [0, 0.05) is 23.1 Å². The van der Waals surface area contributed by atoms with Crippen molar-refractivity contribution in [3.05, 3.63) is 28.2 Å². The molecule has 1 aliphatic rings. The Bertz CT molecular complexity index is 627. The van der Waals surface area contributed by atoms with Gasteiger partial charge in [-0.3, -0.25) is 4.72 Å². The minimum atomic E-state index is -3.61. The van der Waals surface area contributed by atoms with Gasteiger partial charge in [0.05, 0.1) is 5.69 Å². The lowest BCUT2D eigenvalue weighted by atomic mass is 10.2. The van der Waals surface area contributed by atoms with Gasteiger partial charge in [-0.25, -0.2) is 0 Å². The Morgan fingerprint density at radius 2 is 2.05 bits per heavy atom. The molecule has 9 heteroatoms. The van der Waals surface area contributed by atoms with Crippen molar-refractivity contribution in [1.29, 1.82) is 0 Å². The van der Waals surface area contributed by atoms with E-state index in [1.54, 1.807) is 18.2 Å². The first-order valence-corrected chi connectivity index (χ1v) is 8.22. The van der Waals surface area contributed by atoms with Gasteiger partial charge in [0.15, 0.2) is 5.84 Å². The molecular weight excluding hydrogens is 348 g/mol. The van der Waals surface area contributed by atoms with Crippen LogP contribution in [0.25, 0.3) is 0 Å². The largest absolute Gasteiger partial charge is 0.409 e. The number of hydrogen-bond acceptors (Lipinski definition) is 4. The highest BCUT2D eigenvalue weighted by Crippen LogP contribution is 2.23. The molecule has 1 fully saturated rings. The molecule has 0 saturated carbocycles. The molecule has 1 heterocycles.